The van der Waals surface area contributed by atoms with Gasteiger partial charge >= 0.3 is 0 Å². The van der Waals surface area contributed by atoms with Gasteiger partial charge in [0, 0.05) is 25.9 Å². The molecule has 0 saturated carbocycles. The number of fused-ring (bicyclic) bond motifs is 1. The van der Waals surface area contributed by atoms with Crippen molar-refractivity contribution >= 4 is 16.9 Å². The molecule has 0 unspecified atom stereocenters. The van der Waals surface area contributed by atoms with Gasteiger partial charge < -0.3 is 14.6 Å². The molecule has 3 aromatic rings. The monoisotopic (exact) mass is 407 g/mol. The lowest BCUT2D eigenvalue weighted by Crippen LogP contribution is -2.23. The Labute approximate surface area is 179 Å². The van der Waals surface area contributed by atoms with Crippen molar-refractivity contribution < 1.29 is 9.53 Å². The van der Waals surface area contributed by atoms with E-state index in [0.717, 1.165) is 48.4 Å². The minimum absolute atomic E-state index is 0.0994. The van der Waals surface area contributed by atoms with Crippen molar-refractivity contribution in [3.63, 3.8) is 0 Å². The third-order valence-corrected chi connectivity index (χ3v) is 5.28. The number of carbonyl (C=O) groups excluding carboxylic acids is 1. The highest BCUT2D eigenvalue weighted by Gasteiger charge is 2.11. The molecule has 0 radical (unpaired) electrons. The van der Waals surface area contributed by atoms with Crippen LogP contribution in [0, 0.1) is 0 Å². The Morgan fingerprint density at radius 1 is 1.10 bits per heavy atom. The van der Waals surface area contributed by atoms with Gasteiger partial charge in [0.05, 0.1) is 17.6 Å². The van der Waals surface area contributed by atoms with E-state index in [9.17, 15) is 4.79 Å². The average Bonchev–Trinajstić information content (AvgIpc) is 3.11. The summed E-state index contributed by atoms with van der Waals surface area (Å²) in [6, 6.07) is 16.5. The van der Waals surface area contributed by atoms with Crippen LogP contribution in [0.15, 0.2) is 48.5 Å². The largest absolute Gasteiger partial charge is 0.493 e. The van der Waals surface area contributed by atoms with E-state index in [1.807, 2.05) is 19.1 Å². The molecule has 0 fully saturated rings. The summed E-state index contributed by atoms with van der Waals surface area (Å²) in [6.07, 6.45) is 3.16. The first kappa shape index (κ1) is 21.9. The number of carbonyl (C=O) groups is 1. The molecule has 0 aliphatic carbocycles. The van der Waals surface area contributed by atoms with E-state index in [2.05, 4.69) is 60.1 Å². The van der Waals surface area contributed by atoms with E-state index in [4.69, 9.17) is 9.72 Å². The molecule has 1 heterocycles. The van der Waals surface area contributed by atoms with E-state index in [-0.39, 0.29) is 5.91 Å². The van der Waals surface area contributed by atoms with Crippen LogP contribution in [-0.4, -0.2) is 28.6 Å². The number of hydrogen-bond donors (Lipinski definition) is 1. The summed E-state index contributed by atoms with van der Waals surface area (Å²) in [7, 11) is 0. The zero-order valence-electron chi connectivity index (χ0n) is 18.4. The molecule has 160 valence electrons. The number of aromatic nitrogens is 2. The fraction of sp³-hybridized carbons (Fsp3) is 0.440. The number of benzene rings is 2. The maximum atomic E-state index is 11.4. The number of para-hydroxylation sites is 3. The quantitative estimate of drug-likeness (QED) is 0.451. The summed E-state index contributed by atoms with van der Waals surface area (Å²) in [6.45, 7) is 8.47. The number of rotatable bonds is 11. The summed E-state index contributed by atoms with van der Waals surface area (Å²) in [4.78, 5) is 16.3. The van der Waals surface area contributed by atoms with Gasteiger partial charge in [-0.05, 0) is 42.5 Å². The molecule has 1 N–H and O–H groups in total. The second kappa shape index (κ2) is 10.8. The molecular formula is C25H33N3O2. The fourth-order valence-electron chi connectivity index (χ4n) is 3.66. The lowest BCUT2D eigenvalue weighted by Gasteiger charge is -2.14. The highest BCUT2D eigenvalue weighted by molar-refractivity contribution is 5.76. The molecule has 0 atom stereocenters. The highest BCUT2D eigenvalue weighted by atomic mass is 16.5. The van der Waals surface area contributed by atoms with E-state index in [1.54, 1.807) is 0 Å². The molecule has 0 aliphatic rings. The van der Waals surface area contributed by atoms with Crippen LogP contribution >= 0.6 is 0 Å². The van der Waals surface area contributed by atoms with Crippen LogP contribution in [0.3, 0.4) is 0 Å². The van der Waals surface area contributed by atoms with Crippen LogP contribution < -0.4 is 10.1 Å². The summed E-state index contributed by atoms with van der Waals surface area (Å²) in [5.41, 5.74) is 3.43. The first-order chi connectivity index (χ1) is 14.6. The minimum Gasteiger partial charge on any atom is -0.493 e. The van der Waals surface area contributed by atoms with Gasteiger partial charge in [-0.3, -0.25) is 4.79 Å². The van der Waals surface area contributed by atoms with Crippen molar-refractivity contribution in [3.8, 4) is 5.75 Å². The zero-order chi connectivity index (χ0) is 21.3. The fourth-order valence-corrected chi connectivity index (χ4v) is 3.66. The van der Waals surface area contributed by atoms with E-state index in [0.29, 0.717) is 25.5 Å². The number of amides is 1. The van der Waals surface area contributed by atoms with E-state index >= 15 is 0 Å². The highest BCUT2D eigenvalue weighted by Crippen LogP contribution is 2.26. The summed E-state index contributed by atoms with van der Waals surface area (Å²) in [5.74, 6) is 2.60. The first-order valence-corrected chi connectivity index (χ1v) is 11.0. The molecule has 1 amide bonds. The van der Waals surface area contributed by atoms with Crippen LogP contribution in [0.25, 0.3) is 11.0 Å². The number of aryl methyl sites for hydroxylation is 2. The topological polar surface area (TPSA) is 56.2 Å². The Hall–Kier alpha value is -2.82. The van der Waals surface area contributed by atoms with Gasteiger partial charge in [-0.25, -0.2) is 4.98 Å². The van der Waals surface area contributed by atoms with Crippen LogP contribution in [0.4, 0.5) is 0 Å². The molecular weight excluding hydrogens is 374 g/mol. The number of nitrogens with one attached hydrogen (secondary N) is 1. The molecule has 5 nitrogen and oxygen atoms in total. The molecule has 2 aromatic carbocycles. The Morgan fingerprint density at radius 3 is 2.67 bits per heavy atom. The maximum Gasteiger partial charge on any atom is 0.219 e. The van der Waals surface area contributed by atoms with Gasteiger partial charge in [0.1, 0.15) is 11.6 Å². The summed E-state index contributed by atoms with van der Waals surface area (Å²) < 4.78 is 8.40. The molecule has 0 saturated heterocycles. The molecule has 30 heavy (non-hydrogen) atoms. The number of nitrogens with zero attached hydrogens (tertiary/aromatic N) is 2. The SMILES string of the molecule is CCC(=O)NCCCc1nc2ccccc2n1CCCOc1ccccc1C(C)C. The third-order valence-electron chi connectivity index (χ3n) is 5.28. The second-order valence-corrected chi connectivity index (χ2v) is 7.87. The second-order valence-electron chi connectivity index (χ2n) is 7.87. The predicted molar refractivity (Wildman–Crippen MR) is 122 cm³/mol. The van der Waals surface area contributed by atoms with E-state index in [1.165, 1.54) is 5.56 Å². The summed E-state index contributed by atoms with van der Waals surface area (Å²) in [5, 5.41) is 2.94. The zero-order valence-corrected chi connectivity index (χ0v) is 18.4. The minimum atomic E-state index is 0.0994. The Balaban J connectivity index is 1.61. The van der Waals surface area contributed by atoms with Crippen LogP contribution in [0.5, 0.6) is 5.75 Å². The molecule has 0 aliphatic heterocycles. The lowest BCUT2D eigenvalue weighted by atomic mass is 10.0. The first-order valence-electron chi connectivity index (χ1n) is 11.0. The smallest absolute Gasteiger partial charge is 0.219 e. The van der Waals surface area contributed by atoms with Gasteiger partial charge in [0.25, 0.3) is 0 Å². The van der Waals surface area contributed by atoms with Crippen molar-refractivity contribution in [1.82, 2.24) is 14.9 Å². The molecule has 0 bridgehead atoms. The Kier molecular flexibility index (Phi) is 7.89. The van der Waals surface area contributed by atoms with Crippen molar-refractivity contribution in [2.45, 2.75) is 58.9 Å². The lowest BCUT2D eigenvalue weighted by molar-refractivity contribution is -0.120. The van der Waals surface area contributed by atoms with Crippen molar-refractivity contribution in [3.05, 3.63) is 59.9 Å². The molecule has 0 spiro atoms. The summed E-state index contributed by atoms with van der Waals surface area (Å²) >= 11 is 0. The molecule has 1 aromatic heterocycles. The van der Waals surface area contributed by atoms with Crippen LogP contribution in [0.2, 0.25) is 0 Å². The van der Waals surface area contributed by atoms with Gasteiger partial charge in [-0.15, -0.1) is 0 Å². The predicted octanol–water partition coefficient (Wildman–Crippen LogP) is 5.09. The molecule has 5 heteroatoms. The Bertz CT molecular complexity index is 962. The van der Waals surface area contributed by atoms with Gasteiger partial charge in [0.2, 0.25) is 5.91 Å². The number of ether oxygens (including phenoxy) is 1. The van der Waals surface area contributed by atoms with Gasteiger partial charge in [0.15, 0.2) is 0 Å². The number of imidazole rings is 1. The van der Waals surface area contributed by atoms with Crippen molar-refractivity contribution in [1.29, 1.82) is 0 Å². The van der Waals surface area contributed by atoms with E-state index < -0.39 is 0 Å². The van der Waals surface area contributed by atoms with Crippen molar-refractivity contribution in [2.24, 2.45) is 0 Å². The van der Waals surface area contributed by atoms with Gasteiger partial charge in [-0.1, -0.05) is 51.1 Å². The van der Waals surface area contributed by atoms with Crippen LogP contribution in [-0.2, 0) is 17.8 Å². The Morgan fingerprint density at radius 2 is 1.87 bits per heavy atom. The van der Waals surface area contributed by atoms with Crippen molar-refractivity contribution in [2.75, 3.05) is 13.2 Å². The molecule has 3 rings (SSSR count). The van der Waals surface area contributed by atoms with Gasteiger partial charge in [-0.2, -0.15) is 0 Å². The third kappa shape index (κ3) is 5.62. The standard InChI is InChI=1S/C25H33N3O2/c1-4-25(29)26-16-9-15-24-27-21-12-6-7-13-22(21)28(24)17-10-18-30-23-14-8-5-11-20(23)19(2)3/h5-8,11-14,19H,4,9-10,15-18H2,1-3H3,(H,26,29). The normalized spacial score (nSPS) is 11.2. The maximum absolute atomic E-state index is 11.4. The van der Waals surface area contributed by atoms with Crippen LogP contribution in [0.1, 0.15) is 57.3 Å². The number of hydrogen-bond acceptors (Lipinski definition) is 3. The average molecular weight is 408 g/mol.